The maximum Gasteiger partial charge on any atom is 0.268 e. The van der Waals surface area contributed by atoms with Crippen molar-refractivity contribution in [3.05, 3.63) is 76.9 Å². The predicted octanol–water partition coefficient (Wildman–Crippen LogP) is 5.12. The first kappa shape index (κ1) is 21.4. The third-order valence-electron chi connectivity index (χ3n) is 4.76. The van der Waals surface area contributed by atoms with Crippen LogP contribution in [0.5, 0.6) is 0 Å². The highest BCUT2D eigenvalue weighted by molar-refractivity contribution is 7.89. The van der Waals surface area contributed by atoms with Gasteiger partial charge in [0.05, 0.1) is 9.77 Å². The standard InChI is InChI=1S/C22H20FN3O3S2/c1-3-26(14-16-8-5-4-6-9-16)31(27,28)20-13-19(30-15(20)2)22-24-21(25-29-22)17-10-7-11-18(23)12-17/h4-13H,3,14H2,1-2H3. The van der Waals surface area contributed by atoms with Crippen LogP contribution >= 0.6 is 11.3 Å². The molecule has 0 aliphatic carbocycles. The summed E-state index contributed by atoms with van der Waals surface area (Å²) in [6.07, 6.45) is 0. The van der Waals surface area contributed by atoms with E-state index in [-0.39, 0.29) is 23.2 Å². The lowest BCUT2D eigenvalue weighted by molar-refractivity contribution is 0.423. The number of nitrogens with zero attached hydrogens (tertiary/aromatic N) is 3. The minimum Gasteiger partial charge on any atom is -0.333 e. The summed E-state index contributed by atoms with van der Waals surface area (Å²) in [5.41, 5.74) is 1.40. The second-order valence-electron chi connectivity index (χ2n) is 6.88. The number of hydrogen-bond acceptors (Lipinski definition) is 6. The molecule has 0 spiro atoms. The van der Waals surface area contributed by atoms with Gasteiger partial charge in [0.25, 0.3) is 5.89 Å². The highest BCUT2D eigenvalue weighted by Crippen LogP contribution is 2.35. The van der Waals surface area contributed by atoms with Gasteiger partial charge in [0.1, 0.15) is 5.82 Å². The summed E-state index contributed by atoms with van der Waals surface area (Å²) in [4.78, 5) is 5.71. The van der Waals surface area contributed by atoms with Crippen LogP contribution in [0.25, 0.3) is 22.2 Å². The average Bonchev–Trinajstić information content (AvgIpc) is 3.40. The Kier molecular flexibility index (Phi) is 5.99. The van der Waals surface area contributed by atoms with E-state index >= 15 is 0 Å². The van der Waals surface area contributed by atoms with Crippen LogP contribution in [0.15, 0.2) is 70.1 Å². The van der Waals surface area contributed by atoms with Crippen LogP contribution in [0.2, 0.25) is 0 Å². The molecule has 6 nitrogen and oxygen atoms in total. The van der Waals surface area contributed by atoms with E-state index < -0.39 is 15.8 Å². The van der Waals surface area contributed by atoms with E-state index in [2.05, 4.69) is 10.1 Å². The molecule has 0 radical (unpaired) electrons. The summed E-state index contributed by atoms with van der Waals surface area (Å²) in [5, 5.41) is 3.91. The summed E-state index contributed by atoms with van der Waals surface area (Å²) in [6.45, 7) is 4.19. The van der Waals surface area contributed by atoms with E-state index in [1.807, 2.05) is 37.3 Å². The fourth-order valence-corrected chi connectivity index (χ4v) is 6.11. The molecule has 0 aliphatic heterocycles. The highest BCUT2D eigenvalue weighted by Gasteiger charge is 2.28. The predicted molar refractivity (Wildman–Crippen MR) is 117 cm³/mol. The Hall–Kier alpha value is -2.88. The van der Waals surface area contributed by atoms with Crippen LogP contribution in [0.1, 0.15) is 17.4 Å². The van der Waals surface area contributed by atoms with Gasteiger partial charge in [0.2, 0.25) is 15.8 Å². The minimum absolute atomic E-state index is 0.194. The number of benzene rings is 2. The molecule has 0 N–H and O–H groups in total. The molecule has 0 bridgehead atoms. The van der Waals surface area contributed by atoms with Crippen molar-refractivity contribution in [2.75, 3.05) is 6.54 Å². The lowest BCUT2D eigenvalue weighted by Crippen LogP contribution is -2.30. The van der Waals surface area contributed by atoms with Crippen LogP contribution in [-0.4, -0.2) is 29.4 Å². The van der Waals surface area contributed by atoms with Crippen molar-refractivity contribution in [3.63, 3.8) is 0 Å². The molecule has 2 aromatic carbocycles. The Labute approximate surface area is 184 Å². The van der Waals surface area contributed by atoms with Gasteiger partial charge in [-0.3, -0.25) is 0 Å². The maximum atomic E-state index is 13.5. The quantitative estimate of drug-likeness (QED) is 0.385. The molecule has 4 rings (SSSR count). The summed E-state index contributed by atoms with van der Waals surface area (Å²) < 4.78 is 46.9. The molecule has 0 atom stereocenters. The molecule has 31 heavy (non-hydrogen) atoms. The lowest BCUT2D eigenvalue weighted by Gasteiger charge is -2.20. The van der Waals surface area contributed by atoms with Crippen molar-refractivity contribution in [1.29, 1.82) is 0 Å². The molecule has 0 aliphatic rings. The first-order valence-electron chi connectivity index (χ1n) is 9.63. The maximum absolute atomic E-state index is 13.5. The van der Waals surface area contributed by atoms with Gasteiger partial charge < -0.3 is 4.52 Å². The number of aryl methyl sites for hydroxylation is 1. The van der Waals surface area contributed by atoms with Crippen molar-refractivity contribution in [3.8, 4) is 22.2 Å². The Morgan fingerprint density at radius 1 is 1.10 bits per heavy atom. The zero-order valence-corrected chi connectivity index (χ0v) is 18.6. The number of hydrogen-bond donors (Lipinski definition) is 0. The first-order chi connectivity index (χ1) is 14.9. The van der Waals surface area contributed by atoms with Crippen LogP contribution in [-0.2, 0) is 16.6 Å². The molecule has 0 unspecified atom stereocenters. The van der Waals surface area contributed by atoms with Gasteiger partial charge in [-0.1, -0.05) is 54.5 Å². The zero-order valence-electron chi connectivity index (χ0n) is 16.9. The van der Waals surface area contributed by atoms with Crippen molar-refractivity contribution < 1.29 is 17.3 Å². The monoisotopic (exact) mass is 457 g/mol. The molecule has 160 valence electrons. The fourth-order valence-electron chi connectivity index (χ4n) is 3.19. The van der Waals surface area contributed by atoms with E-state index in [0.717, 1.165) is 5.56 Å². The van der Waals surface area contributed by atoms with Gasteiger partial charge in [-0.05, 0) is 30.7 Å². The van der Waals surface area contributed by atoms with Crippen molar-refractivity contribution in [2.45, 2.75) is 25.3 Å². The Morgan fingerprint density at radius 3 is 2.58 bits per heavy atom. The molecule has 9 heteroatoms. The minimum atomic E-state index is -3.71. The fraction of sp³-hybridized carbons (Fsp3) is 0.182. The molecule has 0 fully saturated rings. The molecule has 2 aromatic heterocycles. The highest BCUT2D eigenvalue weighted by atomic mass is 32.2. The second-order valence-corrected chi connectivity index (χ2v) is 10.0. The van der Waals surface area contributed by atoms with Crippen LogP contribution < -0.4 is 0 Å². The number of rotatable bonds is 7. The Balaban J connectivity index is 1.64. The van der Waals surface area contributed by atoms with Gasteiger partial charge >= 0.3 is 0 Å². The largest absolute Gasteiger partial charge is 0.333 e. The topological polar surface area (TPSA) is 76.3 Å². The molecule has 0 saturated carbocycles. The zero-order chi connectivity index (χ0) is 22.0. The molecular weight excluding hydrogens is 437 g/mol. The van der Waals surface area contributed by atoms with Crippen molar-refractivity contribution in [1.82, 2.24) is 14.4 Å². The molecule has 0 saturated heterocycles. The van der Waals surface area contributed by atoms with E-state index in [9.17, 15) is 12.8 Å². The molecule has 2 heterocycles. The van der Waals surface area contributed by atoms with Crippen molar-refractivity contribution >= 4 is 21.4 Å². The average molecular weight is 458 g/mol. The van der Waals surface area contributed by atoms with E-state index in [1.165, 1.54) is 27.8 Å². The van der Waals surface area contributed by atoms with Crippen molar-refractivity contribution in [2.24, 2.45) is 0 Å². The van der Waals surface area contributed by atoms with Crippen LogP contribution in [0, 0.1) is 12.7 Å². The Morgan fingerprint density at radius 2 is 1.87 bits per heavy atom. The van der Waals surface area contributed by atoms with E-state index in [0.29, 0.717) is 21.9 Å². The van der Waals surface area contributed by atoms with E-state index in [4.69, 9.17) is 4.52 Å². The van der Waals surface area contributed by atoms with E-state index in [1.54, 1.807) is 25.1 Å². The summed E-state index contributed by atoms with van der Waals surface area (Å²) >= 11 is 1.26. The third-order valence-corrected chi connectivity index (χ3v) is 7.98. The molecular formula is C22H20FN3O3S2. The first-order valence-corrected chi connectivity index (χ1v) is 11.9. The number of aromatic nitrogens is 2. The number of halogens is 1. The van der Waals surface area contributed by atoms with Gasteiger partial charge in [-0.2, -0.15) is 9.29 Å². The Bertz CT molecular complexity index is 1300. The third kappa shape index (κ3) is 4.43. The normalized spacial score (nSPS) is 11.9. The number of sulfonamides is 1. The smallest absolute Gasteiger partial charge is 0.268 e. The molecule has 0 amide bonds. The number of thiophene rings is 1. The summed E-state index contributed by atoms with van der Waals surface area (Å²) in [6, 6.07) is 16.9. The second kappa shape index (κ2) is 8.70. The van der Waals surface area contributed by atoms with Gasteiger partial charge in [-0.25, -0.2) is 12.8 Å². The SMILES string of the molecule is CCN(Cc1ccccc1)S(=O)(=O)c1cc(-c2nc(-c3cccc(F)c3)no2)sc1C. The van der Waals surface area contributed by atoms with Gasteiger partial charge in [0.15, 0.2) is 0 Å². The van der Waals surface area contributed by atoms with Gasteiger partial charge in [-0.15, -0.1) is 11.3 Å². The lowest BCUT2D eigenvalue weighted by atomic mass is 10.2. The molecule has 4 aromatic rings. The van der Waals surface area contributed by atoms with Crippen LogP contribution in [0.4, 0.5) is 4.39 Å². The van der Waals surface area contributed by atoms with Gasteiger partial charge in [0, 0.05) is 23.5 Å². The summed E-state index contributed by atoms with van der Waals surface area (Å²) in [5.74, 6) is 0.0337. The van der Waals surface area contributed by atoms with Crippen LogP contribution in [0.3, 0.4) is 0 Å². The summed E-state index contributed by atoms with van der Waals surface area (Å²) in [7, 11) is -3.71.